The highest BCUT2D eigenvalue weighted by Crippen LogP contribution is 2.34. The maximum Gasteiger partial charge on any atom is 0.331 e. The van der Waals surface area contributed by atoms with Crippen LogP contribution in [0, 0.1) is 13.8 Å². The average molecular weight is 598 g/mol. The van der Waals surface area contributed by atoms with Gasteiger partial charge in [-0.2, -0.15) is 5.10 Å². The van der Waals surface area contributed by atoms with Crippen LogP contribution in [-0.2, 0) is 18.3 Å². The number of methoxy groups -OCH3 is 2. The Morgan fingerprint density at radius 3 is 2.55 bits per heavy atom. The van der Waals surface area contributed by atoms with Crippen molar-refractivity contribution in [1.29, 1.82) is 0 Å². The lowest BCUT2D eigenvalue weighted by molar-refractivity contribution is -0.0366. The van der Waals surface area contributed by atoms with Gasteiger partial charge >= 0.3 is 5.69 Å². The minimum atomic E-state index is -0.417. The van der Waals surface area contributed by atoms with Crippen molar-refractivity contribution < 1.29 is 18.9 Å². The molecule has 11 heteroatoms. The third kappa shape index (κ3) is 5.24. The fourth-order valence-electron chi connectivity index (χ4n) is 5.85. The maximum absolute atomic E-state index is 13.5. The molecule has 0 amide bonds. The molecule has 0 bridgehead atoms. The van der Waals surface area contributed by atoms with E-state index in [-0.39, 0.29) is 18.3 Å². The van der Waals surface area contributed by atoms with Crippen LogP contribution in [0.5, 0.6) is 23.1 Å². The summed E-state index contributed by atoms with van der Waals surface area (Å²) in [5, 5.41) is 5.37. The molecule has 228 valence electrons. The monoisotopic (exact) mass is 597 g/mol. The van der Waals surface area contributed by atoms with Crippen LogP contribution < -0.4 is 25.5 Å². The van der Waals surface area contributed by atoms with E-state index in [0.29, 0.717) is 34.4 Å². The number of nitrogens with zero attached hydrogens (tertiary/aromatic N) is 5. The Labute approximate surface area is 254 Å². The molecule has 0 saturated carbocycles. The lowest BCUT2D eigenvalue weighted by atomic mass is 10.0. The van der Waals surface area contributed by atoms with E-state index < -0.39 is 5.69 Å². The van der Waals surface area contributed by atoms with Crippen molar-refractivity contribution in [2.75, 3.05) is 20.8 Å². The fourth-order valence-corrected chi connectivity index (χ4v) is 5.85. The van der Waals surface area contributed by atoms with Crippen LogP contribution in [0.1, 0.15) is 42.2 Å². The second-order valence-electron chi connectivity index (χ2n) is 10.9. The van der Waals surface area contributed by atoms with Gasteiger partial charge in [-0.1, -0.05) is 6.07 Å². The zero-order valence-corrected chi connectivity index (χ0v) is 25.5. The van der Waals surface area contributed by atoms with Crippen molar-refractivity contribution in [3.05, 3.63) is 92.4 Å². The normalized spacial score (nSPS) is 15.0. The molecule has 1 atom stereocenters. The number of hydrogen-bond acceptors (Lipinski definition) is 8. The van der Waals surface area contributed by atoms with Crippen molar-refractivity contribution in [3.63, 3.8) is 0 Å². The first kappa shape index (κ1) is 29.2. The number of aromatic nitrogens is 5. The fraction of sp³-hybridized carbons (Fsp3) is 0.333. The molecule has 1 unspecified atom stereocenters. The first-order valence-electron chi connectivity index (χ1n) is 14.5. The Hall–Kier alpha value is -4.90. The van der Waals surface area contributed by atoms with Crippen LogP contribution in [0.25, 0.3) is 22.2 Å². The Balaban J connectivity index is 1.30. The summed E-state index contributed by atoms with van der Waals surface area (Å²) in [6.07, 6.45) is 6.45. The molecule has 5 aromatic rings. The summed E-state index contributed by atoms with van der Waals surface area (Å²) >= 11 is 0. The van der Waals surface area contributed by atoms with Crippen LogP contribution in [0.15, 0.2) is 64.4 Å². The maximum atomic E-state index is 13.5. The lowest BCUT2D eigenvalue weighted by Gasteiger charge is -2.23. The minimum Gasteiger partial charge on any atom is -0.493 e. The van der Waals surface area contributed by atoms with Crippen LogP contribution in [-0.4, -0.2) is 44.7 Å². The van der Waals surface area contributed by atoms with Gasteiger partial charge in [0.05, 0.1) is 43.6 Å². The van der Waals surface area contributed by atoms with Crippen LogP contribution in [0.4, 0.5) is 0 Å². The Morgan fingerprint density at radius 1 is 1.00 bits per heavy atom. The number of rotatable bonds is 8. The standard InChI is InChI=1S/C33H35N5O6/c1-20-16-23(44-31-25-18-35-38(26(25)13-14-34-31)29-8-6-7-15-43-29)10-11-24(20)30-21(2)32(39)37(33(40)36(30)3)19-22-9-12-27(41-4)28(17-22)42-5/h9-14,16-18,29H,6-8,15,19H2,1-5H3. The predicted octanol–water partition coefficient (Wildman–Crippen LogP) is 5.13. The van der Waals surface area contributed by atoms with Crippen LogP contribution >= 0.6 is 0 Å². The summed E-state index contributed by atoms with van der Waals surface area (Å²) < 4.78 is 27.5. The highest BCUT2D eigenvalue weighted by molar-refractivity contribution is 5.83. The SMILES string of the molecule is COc1ccc(Cn2c(=O)c(C)c(-c3ccc(Oc4nccc5c4cnn5C4CCCCO4)cc3C)n(C)c2=O)cc1OC. The third-order valence-corrected chi connectivity index (χ3v) is 8.15. The lowest BCUT2D eigenvalue weighted by Crippen LogP contribution is -2.41. The second kappa shape index (κ2) is 12.0. The van der Waals surface area contributed by atoms with E-state index in [1.54, 1.807) is 52.7 Å². The first-order valence-corrected chi connectivity index (χ1v) is 14.5. The number of ether oxygens (including phenoxy) is 4. The van der Waals surface area contributed by atoms with E-state index in [1.807, 2.05) is 41.9 Å². The van der Waals surface area contributed by atoms with Gasteiger partial charge in [0.1, 0.15) is 5.75 Å². The molecule has 11 nitrogen and oxygen atoms in total. The Kier molecular flexibility index (Phi) is 7.96. The second-order valence-corrected chi connectivity index (χ2v) is 10.9. The molecule has 3 aromatic heterocycles. The van der Waals surface area contributed by atoms with Gasteiger partial charge in [0.2, 0.25) is 5.88 Å². The largest absolute Gasteiger partial charge is 0.493 e. The highest BCUT2D eigenvalue weighted by atomic mass is 16.5. The number of fused-ring (bicyclic) bond motifs is 1. The quantitative estimate of drug-likeness (QED) is 0.242. The van der Waals surface area contributed by atoms with E-state index in [4.69, 9.17) is 18.9 Å². The Bertz CT molecular complexity index is 1930. The van der Waals surface area contributed by atoms with Gasteiger partial charge < -0.3 is 18.9 Å². The van der Waals surface area contributed by atoms with Gasteiger partial charge in [0.25, 0.3) is 5.56 Å². The molecule has 0 radical (unpaired) electrons. The molecule has 2 aromatic carbocycles. The molecule has 4 heterocycles. The Morgan fingerprint density at radius 2 is 1.82 bits per heavy atom. The summed E-state index contributed by atoms with van der Waals surface area (Å²) in [4.78, 5) is 31.5. The number of pyridine rings is 1. The molecule has 44 heavy (non-hydrogen) atoms. The molecule has 0 aliphatic carbocycles. The summed E-state index contributed by atoms with van der Waals surface area (Å²) in [6, 6.07) is 12.8. The first-order chi connectivity index (χ1) is 21.3. The molecular formula is C33H35N5O6. The van der Waals surface area contributed by atoms with Crippen molar-refractivity contribution >= 4 is 10.9 Å². The van der Waals surface area contributed by atoms with E-state index in [2.05, 4.69) is 10.1 Å². The zero-order chi connectivity index (χ0) is 31.0. The van der Waals surface area contributed by atoms with Crippen LogP contribution in [0.2, 0.25) is 0 Å². The molecule has 1 saturated heterocycles. The zero-order valence-electron chi connectivity index (χ0n) is 25.5. The van der Waals surface area contributed by atoms with E-state index in [0.717, 1.165) is 53.5 Å². The number of benzene rings is 2. The minimum absolute atomic E-state index is 0.0950. The van der Waals surface area contributed by atoms with E-state index >= 15 is 0 Å². The summed E-state index contributed by atoms with van der Waals surface area (Å²) in [7, 11) is 4.78. The van der Waals surface area contributed by atoms with E-state index in [9.17, 15) is 9.59 Å². The molecule has 0 N–H and O–H groups in total. The van der Waals surface area contributed by atoms with Gasteiger partial charge in [-0.25, -0.2) is 14.5 Å². The average Bonchev–Trinajstić information content (AvgIpc) is 3.49. The molecule has 1 fully saturated rings. The van der Waals surface area contributed by atoms with Crippen molar-refractivity contribution in [3.8, 4) is 34.4 Å². The van der Waals surface area contributed by atoms with Crippen molar-refractivity contribution in [2.45, 2.75) is 45.9 Å². The smallest absolute Gasteiger partial charge is 0.331 e. The molecular weight excluding hydrogens is 562 g/mol. The summed E-state index contributed by atoms with van der Waals surface area (Å²) in [6.45, 7) is 4.49. The van der Waals surface area contributed by atoms with Gasteiger partial charge in [-0.15, -0.1) is 0 Å². The topological polar surface area (TPSA) is 112 Å². The molecule has 1 aliphatic rings. The van der Waals surface area contributed by atoms with Gasteiger partial charge in [-0.3, -0.25) is 13.9 Å². The van der Waals surface area contributed by atoms with Gasteiger partial charge in [0.15, 0.2) is 17.7 Å². The number of aryl methyl sites for hydroxylation is 1. The van der Waals surface area contributed by atoms with Gasteiger partial charge in [-0.05, 0) is 80.6 Å². The van der Waals surface area contributed by atoms with Crippen LogP contribution in [0.3, 0.4) is 0 Å². The van der Waals surface area contributed by atoms with Crippen molar-refractivity contribution in [2.24, 2.45) is 7.05 Å². The number of hydrogen-bond donors (Lipinski definition) is 0. The van der Waals surface area contributed by atoms with Crippen molar-refractivity contribution in [1.82, 2.24) is 23.9 Å². The molecule has 0 spiro atoms. The van der Waals surface area contributed by atoms with Gasteiger partial charge in [0, 0.05) is 31.0 Å². The predicted molar refractivity (Wildman–Crippen MR) is 166 cm³/mol. The summed E-state index contributed by atoms with van der Waals surface area (Å²) in [5.74, 6) is 2.12. The van der Waals surface area contributed by atoms with E-state index in [1.165, 1.54) is 9.13 Å². The molecule has 1 aliphatic heterocycles. The summed E-state index contributed by atoms with van der Waals surface area (Å²) in [5.41, 5.74) is 3.50. The third-order valence-electron chi connectivity index (χ3n) is 8.15. The molecule has 6 rings (SSSR count). The highest BCUT2D eigenvalue weighted by Gasteiger charge is 2.21.